The zero-order valence-electron chi connectivity index (χ0n) is 38.3. The molecule has 6 heteroatoms. The van der Waals surface area contributed by atoms with Gasteiger partial charge in [0.05, 0.1) is 0 Å². The van der Waals surface area contributed by atoms with E-state index >= 15 is 0 Å². The van der Waals surface area contributed by atoms with Crippen LogP contribution in [0.5, 0.6) is 0 Å². The molecule has 0 aromatic carbocycles. The van der Waals surface area contributed by atoms with Gasteiger partial charge < -0.3 is 14.2 Å². The number of hydrogen-bond donors (Lipinski definition) is 0. The molecule has 0 N–H and O–H groups in total. The fourth-order valence-corrected chi connectivity index (χ4v) is 7.43. The van der Waals surface area contributed by atoms with Crippen molar-refractivity contribution >= 4 is 17.9 Å². The van der Waals surface area contributed by atoms with E-state index in [0.29, 0.717) is 19.3 Å². The first-order chi connectivity index (χ1) is 27.3. The molecule has 0 bridgehead atoms. The Morgan fingerprint density at radius 1 is 0.375 bits per heavy atom. The van der Waals surface area contributed by atoms with Gasteiger partial charge in [-0.25, -0.2) is 0 Å². The Bertz CT molecular complexity index is 856. The van der Waals surface area contributed by atoms with Crippen molar-refractivity contribution in [2.24, 2.45) is 11.8 Å². The fraction of sp³-hybridized carbons (Fsp3) is 0.940. The summed E-state index contributed by atoms with van der Waals surface area (Å²) < 4.78 is 16.8. The molecule has 0 aliphatic rings. The second kappa shape index (κ2) is 43.0. The average molecular weight is 793 g/mol. The van der Waals surface area contributed by atoms with E-state index in [4.69, 9.17) is 14.2 Å². The summed E-state index contributed by atoms with van der Waals surface area (Å²) in [6, 6.07) is 0. The van der Waals surface area contributed by atoms with E-state index in [-0.39, 0.29) is 31.1 Å². The van der Waals surface area contributed by atoms with Crippen LogP contribution >= 0.6 is 0 Å². The van der Waals surface area contributed by atoms with Crippen LogP contribution in [0.1, 0.15) is 272 Å². The highest BCUT2D eigenvalue weighted by Gasteiger charge is 2.19. The normalized spacial score (nSPS) is 12.5. The molecular formula is C50H96O6. The van der Waals surface area contributed by atoms with Crippen molar-refractivity contribution in [1.29, 1.82) is 0 Å². The summed E-state index contributed by atoms with van der Waals surface area (Å²) in [6.07, 6.45) is 42.3. The number of esters is 3. The molecule has 0 saturated carbocycles. The van der Waals surface area contributed by atoms with Crippen LogP contribution in [0.15, 0.2) is 0 Å². The zero-order valence-corrected chi connectivity index (χ0v) is 38.3. The van der Waals surface area contributed by atoms with Crippen LogP contribution in [0, 0.1) is 11.8 Å². The zero-order chi connectivity index (χ0) is 41.2. The third-order valence-electron chi connectivity index (χ3n) is 11.6. The van der Waals surface area contributed by atoms with Crippen LogP contribution in [-0.2, 0) is 28.6 Å². The Kier molecular flexibility index (Phi) is 41.8. The molecular weight excluding hydrogens is 697 g/mol. The summed E-state index contributed by atoms with van der Waals surface area (Å²) in [5, 5.41) is 0. The van der Waals surface area contributed by atoms with E-state index in [1.165, 1.54) is 161 Å². The van der Waals surface area contributed by atoms with Gasteiger partial charge in [0.1, 0.15) is 13.2 Å². The number of rotatable bonds is 44. The van der Waals surface area contributed by atoms with Gasteiger partial charge in [-0.15, -0.1) is 0 Å². The number of carbonyl (C=O) groups is 3. The molecule has 0 aromatic heterocycles. The van der Waals surface area contributed by atoms with Gasteiger partial charge in [0, 0.05) is 19.3 Å². The summed E-state index contributed by atoms with van der Waals surface area (Å²) in [5.41, 5.74) is 0. The highest BCUT2D eigenvalue weighted by atomic mass is 16.6. The van der Waals surface area contributed by atoms with Gasteiger partial charge in [0.2, 0.25) is 0 Å². The molecule has 0 rings (SSSR count). The molecule has 0 aliphatic carbocycles. The summed E-state index contributed by atoms with van der Waals surface area (Å²) in [6.45, 7) is 11.3. The Labute approximate surface area is 348 Å². The molecule has 2 atom stereocenters. The first kappa shape index (κ1) is 54.4. The number of ether oxygens (including phenoxy) is 3. The largest absolute Gasteiger partial charge is 0.462 e. The van der Waals surface area contributed by atoms with Crippen molar-refractivity contribution in [2.45, 2.75) is 278 Å². The lowest BCUT2D eigenvalue weighted by atomic mass is 9.99. The Morgan fingerprint density at radius 2 is 0.679 bits per heavy atom. The van der Waals surface area contributed by atoms with Crippen LogP contribution < -0.4 is 0 Å². The molecule has 0 fully saturated rings. The van der Waals surface area contributed by atoms with E-state index in [9.17, 15) is 14.4 Å². The second-order valence-corrected chi connectivity index (χ2v) is 17.8. The first-order valence-electron chi connectivity index (χ1n) is 24.8. The number of hydrogen-bond acceptors (Lipinski definition) is 6. The number of carbonyl (C=O) groups excluding carboxylic acids is 3. The van der Waals surface area contributed by atoms with Crippen LogP contribution in [-0.4, -0.2) is 37.2 Å². The molecule has 0 aliphatic heterocycles. The Hall–Kier alpha value is -1.59. The third kappa shape index (κ3) is 42.0. The predicted molar refractivity (Wildman–Crippen MR) is 238 cm³/mol. The smallest absolute Gasteiger partial charge is 0.306 e. The second-order valence-electron chi connectivity index (χ2n) is 17.8. The summed E-state index contributed by atoms with van der Waals surface area (Å²) in [7, 11) is 0. The maximum atomic E-state index is 12.7. The summed E-state index contributed by atoms with van der Waals surface area (Å²) >= 11 is 0. The molecule has 0 saturated heterocycles. The molecule has 0 aromatic rings. The minimum atomic E-state index is -0.761. The predicted octanol–water partition coefficient (Wildman–Crippen LogP) is 15.8. The molecule has 1 unspecified atom stereocenters. The average Bonchev–Trinajstić information content (AvgIpc) is 3.18. The van der Waals surface area contributed by atoms with Crippen LogP contribution in [0.3, 0.4) is 0 Å². The minimum Gasteiger partial charge on any atom is -0.462 e. The monoisotopic (exact) mass is 793 g/mol. The van der Waals surface area contributed by atoms with Gasteiger partial charge in [0.25, 0.3) is 0 Å². The lowest BCUT2D eigenvalue weighted by Gasteiger charge is -2.18. The quantitative estimate of drug-likeness (QED) is 0.0347. The van der Waals surface area contributed by atoms with E-state index in [1.807, 2.05) is 0 Å². The molecule has 56 heavy (non-hydrogen) atoms. The maximum absolute atomic E-state index is 12.7. The molecule has 0 spiro atoms. The van der Waals surface area contributed by atoms with Crippen molar-refractivity contribution in [3.63, 3.8) is 0 Å². The van der Waals surface area contributed by atoms with Gasteiger partial charge in [-0.3, -0.25) is 14.4 Å². The maximum Gasteiger partial charge on any atom is 0.306 e. The molecule has 0 heterocycles. The lowest BCUT2D eigenvalue weighted by molar-refractivity contribution is -0.167. The molecule has 0 radical (unpaired) electrons. The van der Waals surface area contributed by atoms with Crippen LogP contribution in [0.25, 0.3) is 0 Å². The van der Waals surface area contributed by atoms with E-state index in [2.05, 4.69) is 34.6 Å². The van der Waals surface area contributed by atoms with Crippen molar-refractivity contribution in [2.75, 3.05) is 13.2 Å². The third-order valence-corrected chi connectivity index (χ3v) is 11.6. The van der Waals surface area contributed by atoms with Crippen molar-refractivity contribution in [1.82, 2.24) is 0 Å². The SMILES string of the molecule is CCCCCCCCCCCCCCCCC(=O)O[C@H](COC(=O)CCCCCCCCCCCCC(C)CC)COC(=O)CCCCCCCCCC(C)C. The van der Waals surface area contributed by atoms with Gasteiger partial charge in [-0.1, -0.05) is 234 Å². The Morgan fingerprint density at radius 3 is 1.02 bits per heavy atom. The van der Waals surface area contributed by atoms with Crippen molar-refractivity contribution < 1.29 is 28.6 Å². The van der Waals surface area contributed by atoms with Crippen LogP contribution in [0.2, 0.25) is 0 Å². The summed E-state index contributed by atoms with van der Waals surface area (Å²) in [5.74, 6) is 0.797. The van der Waals surface area contributed by atoms with Crippen molar-refractivity contribution in [3.05, 3.63) is 0 Å². The fourth-order valence-electron chi connectivity index (χ4n) is 7.43. The standard InChI is InChI=1S/C50H96O6/c1-6-8-9-10-11-12-13-14-15-16-21-26-32-37-42-50(53)56-47(44-55-49(52)41-36-31-27-22-23-28-33-38-45(3)4)43-54-48(51)40-35-30-25-20-18-17-19-24-29-34-39-46(5)7-2/h45-47H,6-44H2,1-5H3/t46?,47-/m1/s1. The van der Waals surface area contributed by atoms with Gasteiger partial charge >= 0.3 is 17.9 Å². The molecule has 0 amide bonds. The van der Waals surface area contributed by atoms with Crippen LogP contribution in [0.4, 0.5) is 0 Å². The van der Waals surface area contributed by atoms with Crippen molar-refractivity contribution in [3.8, 4) is 0 Å². The van der Waals surface area contributed by atoms with Gasteiger partial charge in [-0.05, 0) is 31.1 Å². The minimum absolute atomic E-state index is 0.0647. The van der Waals surface area contributed by atoms with Gasteiger partial charge in [0.15, 0.2) is 6.10 Å². The molecule has 6 nitrogen and oxygen atoms in total. The van der Waals surface area contributed by atoms with Gasteiger partial charge in [-0.2, -0.15) is 0 Å². The van der Waals surface area contributed by atoms with E-state index in [1.54, 1.807) is 0 Å². The number of unbranched alkanes of at least 4 members (excludes halogenated alkanes) is 28. The Balaban J connectivity index is 4.32. The summed E-state index contributed by atoms with van der Waals surface area (Å²) in [4.78, 5) is 37.8. The lowest BCUT2D eigenvalue weighted by Crippen LogP contribution is -2.30. The topological polar surface area (TPSA) is 78.9 Å². The molecule has 332 valence electrons. The first-order valence-corrected chi connectivity index (χ1v) is 24.8. The highest BCUT2D eigenvalue weighted by molar-refractivity contribution is 5.71. The van der Waals surface area contributed by atoms with E-state index in [0.717, 1.165) is 69.6 Å². The highest BCUT2D eigenvalue weighted by Crippen LogP contribution is 2.17. The van der Waals surface area contributed by atoms with E-state index < -0.39 is 6.10 Å².